The van der Waals surface area contributed by atoms with Crippen LogP contribution in [0.3, 0.4) is 0 Å². The lowest BCUT2D eigenvalue weighted by Crippen LogP contribution is -2.54. The van der Waals surface area contributed by atoms with Crippen molar-refractivity contribution in [1.29, 1.82) is 0 Å². The van der Waals surface area contributed by atoms with Crippen LogP contribution < -0.4 is 9.62 Å². The van der Waals surface area contributed by atoms with E-state index >= 15 is 0 Å². The molecular weight excluding hydrogens is 653 g/mol. The minimum Gasteiger partial charge on any atom is -0.352 e. The van der Waals surface area contributed by atoms with Crippen LogP contribution >= 0.6 is 34.8 Å². The van der Waals surface area contributed by atoms with E-state index in [0.29, 0.717) is 10.6 Å². The second-order valence-corrected chi connectivity index (χ2v) is 14.1. The van der Waals surface area contributed by atoms with Crippen LogP contribution in [0.2, 0.25) is 15.1 Å². The van der Waals surface area contributed by atoms with Crippen molar-refractivity contribution in [3.8, 4) is 0 Å². The van der Waals surface area contributed by atoms with Crippen molar-refractivity contribution < 1.29 is 18.0 Å². The lowest BCUT2D eigenvalue weighted by atomic mass is 10.0. The lowest BCUT2D eigenvalue weighted by Gasteiger charge is -2.34. The fourth-order valence-electron chi connectivity index (χ4n) is 4.73. The fourth-order valence-corrected chi connectivity index (χ4v) is 6.55. The summed E-state index contributed by atoms with van der Waals surface area (Å²) in [6, 6.07) is 25.8. The zero-order valence-corrected chi connectivity index (χ0v) is 28.2. The summed E-state index contributed by atoms with van der Waals surface area (Å²) in [6.45, 7) is 4.94. The molecule has 0 aliphatic heterocycles. The number of benzene rings is 4. The van der Waals surface area contributed by atoms with Gasteiger partial charge in [0, 0.05) is 24.0 Å². The molecule has 0 radical (unpaired) electrons. The number of hydrogen-bond donors (Lipinski definition) is 1. The molecule has 0 spiro atoms. The molecule has 0 saturated carbocycles. The van der Waals surface area contributed by atoms with Gasteiger partial charge in [-0.15, -0.1) is 0 Å². The Balaban J connectivity index is 1.82. The van der Waals surface area contributed by atoms with E-state index in [2.05, 4.69) is 5.32 Å². The molecule has 45 heavy (non-hydrogen) atoms. The van der Waals surface area contributed by atoms with E-state index in [9.17, 15) is 18.0 Å². The monoisotopic (exact) mass is 685 g/mol. The first kappa shape index (κ1) is 34.3. The van der Waals surface area contributed by atoms with E-state index in [1.165, 1.54) is 35.2 Å². The van der Waals surface area contributed by atoms with Crippen LogP contribution in [-0.2, 0) is 32.6 Å². The van der Waals surface area contributed by atoms with Gasteiger partial charge in [-0.05, 0) is 74.4 Å². The van der Waals surface area contributed by atoms with Gasteiger partial charge >= 0.3 is 0 Å². The van der Waals surface area contributed by atoms with Crippen molar-refractivity contribution in [2.75, 3.05) is 10.8 Å². The van der Waals surface area contributed by atoms with Crippen molar-refractivity contribution >= 4 is 62.3 Å². The van der Waals surface area contributed by atoms with Crippen LogP contribution in [0.5, 0.6) is 0 Å². The number of nitrogens with one attached hydrogen (secondary N) is 1. The van der Waals surface area contributed by atoms with Crippen LogP contribution in [0, 0.1) is 6.92 Å². The van der Waals surface area contributed by atoms with Crippen molar-refractivity contribution in [3.63, 3.8) is 0 Å². The summed E-state index contributed by atoms with van der Waals surface area (Å²) in [5.74, 6) is -0.954. The highest BCUT2D eigenvalue weighted by molar-refractivity contribution is 7.92. The number of amides is 2. The minimum atomic E-state index is -4.27. The zero-order chi connectivity index (χ0) is 32.7. The Morgan fingerprint density at radius 2 is 1.44 bits per heavy atom. The average molecular weight is 687 g/mol. The summed E-state index contributed by atoms with van der Waals surface area (Å²) in [5.41, 5.74) is 2.57. The Hall–Kier alpha value is -3.56. The standard InChI is InChI=1S/C34H34Cl3N3O4S/c1-23(2)38-34(42)32(19-25-7-5-4-6-8-25)39(21-26-11-13-27(35)14-12-26)33(41)22-40(28-15-18-30(36)31(37)20-28)45(43,44)29-16-9-24(3)10-17-29/h4-18,20,23,32H,19,21-22H2,1-3H3,(H,38,42)/t32-/m1/s1. The third kappa shape index (κ3) is 9.01. The highest BCUT2D eigenvalue weighted by Crippen LogP contribution is 2.31. The van der Waals surface area contributed by atoms with Crippen LogP contribution in [0.1, 0.15) is 30.5 Å². The van der Waals surface area contributed by atoms with Crippen molar-refractivity contribution in [2.24, 2.45) is 0 Å². The Kier molecular flexibility index (Phi) is 11.6. The van der Waals surface area contributed by atoms with Gasteiger partial charge in [0.15, 0.2) is 0 Å². The number of carbonyl (C=O) groups excluding carboxylic acids is 2. The number of carbonyl (C=O) groups is 2. The predicted octanol–water partition coefficient (Wildman–Crippen LogP) is 7.32. The van der Waals surface area contributed by atoms with Gasteiger partial charge in [0.1, 0.15) is 12.6 Å². The maximum Gasteiger partial charge on any atom is 0.264 e. The van der Waals surface area contributed by atoms with E-state index in [0.717, 1.165) is 15.4 Å². The van der Waals surface area contributed by atoms with E-state index in [1.807, 2.05) is 51.1 Å². The molecule has 0 unspecified atom stereocenters. The molecule has 0 fully saturated rings. The molecule has 0 aromatic heterocycles. The summed E-state index contributed by atoms with van der Waals surface area (Å²) < 4.78 is 29.2. The molecule has 1 atom stereocenters. The second-order valence-electron chi connectivity index (χ2n) is 10.9. The molecule has 0 aliphatic carbocycles. The maximum absolute atomic E-state index is 14.5. The third-order valence-electron chi connectivity index (χ3n) is 7.05. The first-order chi connectivity index (χ1) is 21.3. The lowest BCUT2D eigenvalue weighted by molar-refractivity contribution is -0.140. The normalized spacial score (nSPS) is 12.1. The van der Waals surface area contributed by atoms with E-state index in [1.54, 1.807) is 36.4 Å². The van der Waals surface area contributed by atoms with Crippen LogP contribution in [0.15, 0.2) is 102 Å². The van der Waals surface area contributed by atoms with Gasteiger partial charge in [-0.2, -0.15) is 0 Å². The molecule has 236 valence electrons. The van der Waals surface area contributed by atoms with Crippen molar-refractivity contribution in [2.45, 2.75) is 50.7 Å². The zero-order valence-electron chi connectivity index (χ0n) is 25.1. The molecule has 11 heteroatoms. The Morgan fingerprint density at radius 1 is 0.800 bits per heavy atom. The van der Waals surface area contributed by atoms with Gasteiger partial charge in [-0.1, -0.05) is 95.0 Å². The summed E-state index contributed by atoms with van der Waals surface area (Å²) >= 11 is 18.6. The highest BCUT2D eigenvalue weighted by atomic mass is 35.5. The Morgan fingerprint density at radius 3 is 2.04 bits per heavy atom. The summed E-state index contributed by atoms with van der Waals surface area (Å²) in [5, 5.41) is 3.81. The highest BCUT2D eigenvalue weighted by Gasteiger charge is 2.35. The largest absolute Gasteiger partial charge is 0.352 e. The number of halogens is 3. The molecule has 0 aliphatic rings. The molecule has 0 saturated heterocycles. The number of rotatable bonds is 12. The van der Waals surface area contributed by atoms with E-state index in [4.69, 9.17) is 34.8 Å². The quantitative estimate of drug-likeness (QED) is 0.169. The number of hydrogen-bond acceptors (Lipinski definition) is 4. The molecule has 4 aromatic carbocycles. The van der Waals surface area contributed by atoms with Gasteiger partial charge in [0.2, 0.25) is 11.8 Å². The molecule has 2 amide bonds. The third-order valence-corrected chi connectivity index (χ3v) is 9.83. The first-order valence-corrected chi connectivity index (χ1v) is 16.8. The SMILES string of the molecule is Cc1ccc(S(=O)(=O)N(CC(=O)N(Cc2ccc(Cl)cc2)[C@H](Cc2ccccc2)C(=O)NC(C)C)c2ccc(Cl)c(Cl)c2)cc1. The number of nitrogens with zero attached hydrogens (tertiary/aromatic N) is 2. The van der Waals surface area contributed by atoms with Gasteiger partial charge in [-0.3, -0.25) is 13.9 Å². The second kappa shape index (κ2) is 15.1. The number of aryl methyl sites for hydroxylation is 1. The van der Waals surface area contributed by atoms with Gasteiger partial charge in [0.05, 0.1) is 20.6 Å². The summed E-state index contributed by atoms with van der Waals surface area (Å²) in [4.78, 5) is 29.6. The number of anilines is 1. The number of sulfonamides is 1. The van der Waals surface area contributed by atoms with Crippen LogP contribution in [0.25, 0.3) is 0 Å². The summed E-state index contributed by atoms with van der Waals surface area (Å²) in [6.07, 6.45) is 0.205. The molecule has 4 rings (SSSR count). The van der Waals surface area contributed by atoms with Gasteiger partial charge in [-0.25, -0.2) is 8.42 Å². The van der Waals surface area contributed by atoms with Gasteiger partial charge < -0.3 is 10.2 Å². The molecule has 1 N–H and O–H groups in total. The topological polar surface area (TPSA) is 86.8 Å². The summed E-state index contributed by atoms with van der Waals surface area (Å²) in [7, 11) is -4.27. The van der Waals surface area contributed by atoms with E-state index < -0.39 is 28.5 Å². The molecule has 0 heterocycles. The molecule has 4 aromatic rings. The maximum atomic E-state index is 14.5. The Labute approximate surface area is 279 Å². The first-order valence-electron chi connectivity index (χ1n) is 14.3. The predicted molar refractivity (Wildman–Crippen MR) is 181 cm³/mol. The molecular formula is C34H34Cl3N3O4S. The molecule has 0 bridgehead atoms. The fraction of sp³-hybridized carbons (Fsp3) is 0.235. The minimum absolute atomic E-state index is 0.00499. The van der Waals surface area contributed by atoms with Crippen molar-refractivity contribution in [3.05, 3.63) is 129 Å². The van der Waals surface area contributed by atoms with Crippen molar-refractivity contribution in [1.82, 2.24) is 10.2 Å². The Bertz CT molecular complexity index is 1730. The average Bonchev–Trinajstić information content (AvgIpc) is 3.00. The van der Waals surface area contributed by atoms with E-state index in [-0.39, 0.29) is 45.5 Å². The van der Waals surface area contributed by atoms with Gasteiger partial charge in [0.25, 0.3) is 10.0 Å². The van der Waals surface area contributed by atoms with Crippen LogP contribution in [0.4, 0.5) is 5.69 Å². The molecule has 7 nitrogen and oxygen atoms in total. The van der Waals surface area contributed by atoms with Crippen LogP contribution in [-0.4, -0.2) is 43.8 Å². The smallest absolute Gasteiger partial charge is 0.264 e.